The first kappa shape index (κ1) is 31.4. The van der Waals surface area contributed by atoms with Crippen LogP contribution in [-0.4, -0.2) is 23.5 Å². The van der Waals surface area contributed by atoms with Crippen molar-refractivity contribution in [2.24, 2.45) is 0 Å². The highest BCUT2D eigenvalue weighted by molar-refractivity contribution is 5.83. The molecule has 0 rings (SSSR count). The number of nitrogens with one attached hydrogen (secondary N) is 3. The molecular weight excluding hydrogens is 414 g/mol. The smallest absolute Gasteiger partial charge is 0.223 e. The zero-order valence-corrected chi connectivity index (χ0v) is 22.2. The zero-order valence-electron chi connectivity index (χ0n) is 22.2. The molecule has 0 bridgehead atoms. The van der Waals surface area contributed by atoms with E-state index in [1.54, 1.807) is 13.8 Å². The van der Waals surface area contributed by atoms with Crippen LogP contribution in [0.4, 0.5) is 0 Å². The molecule has 0 aliphatic carbocycles. The molecule has 0 spiro atoms. The van der Waals surface area contributed by atoms with Crippen LogP contribution >= 0.6 is 0 Å². The van der Waals surface area contributed by atoms with Crippen LogP contribution in [0.1, 0.15) is 150 Å². The van der Waals surface area contributed by atoms with Gasteiger partial charge in [0, 0.05) is 25.7 Å². The lowest BCUT2D eigenvalue weighted by atomic mass is 10.0. The van der Waals surface area contributed by atoms with Gasteiger partial charge in [0.15, 0.2) is 5.79 Å². The zero-order chi connectivity index (χ0) is 24.8. The van der Waals surface area contributed by atoms with E-state index in [1.165, 1.54) is 77.0 Å². The Balaban J connectivity index is 3.91. The fourth-order valence-electron chi connectivity index (χ4n) is 3.97. The Morgan fingerprint density at radius 2 is 0.818 bits per heavy atom. The number of unbranched alkanes of at least 4 members (excludes halogenated alkanes) is 14. The lowest BCUT2D eigenvalue weighted by Gasteiger charge is -2.35. The number of carbonyl (C=O) groups is 3. The maximum Gasteiger partial charge on any atom is 0.223 e. The average molecular weight is 468 g/mol. The molecule has 0 saturated carbocycles. The van der Waals surface area contributed by atoms with Gasteiger partial charge in [0.25, 0.3) is 0 Å². The van der Waals surface area contributed by atoms with E-state index in [0.717, 1.165) is 19.3 Å². The van der Waals surface area contributed by atoms with Gasteiger partial charge < -0.3 is 16.0 Å². The first-order chi connectivity index (χ1) is 15.9. The van der Waals surface area contributed by atoms with Crippen LogP contribution in [0.2, 0.25) is 0 Å². The Bertz CT molecular complexity index is 505. The van der Waals surface area contributed by atoms with E-state index >= 15 is 0 Å². The van der Waals surface area contributed by atoms with Crippen molar-refractivity contribution < 1.29 is 14.4 Å². The molecule has 3 amide bonds. The first-order valence-corrected chi connectivity index (χ1v) is 13.9. The third kappa shape index (κ3) is 17.5. The molecule has 0 radical (unpaired) electrons. The maximum atomic E-state index is 12.5. The second-order valence-corrected chi connectivity index (χ2v) is 9.31. The van der Waals surface area contributed by atoms with Gasteiger partial charge in [-0.25, -0.2) is 0 Å². The molecule has 0 unspecified atom stereocenters. The van der Waals surface area contributed by atoms with Gasteiger partial charge in [0.05, 0.1) is 0 Å². The molecule has 6 nitrogen and oxygen atoms in total. The molecule has 0 aliphatic heterocycles. The molecule has 0 atom stereocenters. The molecule has 0 aliphatic rings. The number of hydrogen-bond donors (Lipinski definition) is 3. The van der Waals surface area contributed by atoms with Gasteiger partial charge in [0.1, 0.15) is 0 Å². The van der Waals surface area contributed by atoms with Crippen molar-refractivity contribution in [3.63, 3.8) is 0 Å². The van der Waals surface area contributed by atoms with E-state index < -0.39 is 5.79 Å². The van der Waals surface area contributed by atoms with Crippen LogP contribution in [0, 0.1) is 0 Å². The summed E-state index contributed by atoms with van der Waals surface area (Å²) in [6.45, 7) is 7.59. The highest BCUT2D eigenvalue weighted by Gasteiger charge is 2.32. The highest BCUT2D eigenvalue weighted by Crippen LogP contribution is 2.14. The summed E-state index contributed by atoms with van der Waals surface area (Å²) in [6.07, 6.45) is 20.7. The SMILES string of the molecule is CCCCCCCCCCCCCCCCCC(=O)NC(CC)(NC(=O)CC)NC(=O)CC. The van der Waals surface area contributed by atoms with E-state index in [2.05, 4.69) is 22.9 Å². The largest absolute Gasteiger partial charge is 0.316 e. The highest BCUT2D eigenvalue weighted by atomic mass is 16.2. The summed E-state index contributed by atoms with van der Waals surface area (Å²) in [6, 6.07) is 0. The minimum atomic E-state index is -1.20. The molecule has 0 saturated heterocycles. The summed E-state index contributed by atoms with van der Waals surface area (Å²) in [7, 11) is 0. The van der Waals surface area contributed by atoms with Crippen LogP contribution < -0.4 is 16.0 Å². The third-order valence-corrected chi connectivity index (χ3v) is 6.24. The van der Waals surface area contributed by atoms with Gasteiger partial charge in [-0.1, -0.05) is 118 Å². The standard InChI is InChI=1S/C27H53N3O3/c1-5-9-10-11-12-13-14-15-16-17-18-19-20-21-22-23-26(33)30-27(8-4,28-24(31)6-2)29-25(32)7-3/h5-23H2,1-4H3,(H,28,31)(H,29,32)(H,30,33). The average Bonchev–Trinajstić information content (AvgIpc) is 2.81. The van der Waals surface area contributed by atoms with Crippen molar-refractivity contribution in [1.82, 2.24) is 16.0 Å². The Kier molecular flexibility index (Phi) is 20.0. The maximum absolute atomic E-state index is 12.5. The molecule has 194 valence electrons. The fraction of sp³-hybridized carbons (Fsp3) is 0.889. The minimum absolute atomic E-state index is 0.139. The van der Waals surface area contributed by atoms with Gasteiger partial charge in [0.2, 0.25) is 17.7 Å². The lowest BCUT2D eigenvalue weighted by Crippen LogP contribution is -2.69. The quantitative estimate of drug-likeness (QED) is 0.126. The Morgan fingerprint density at radius 3 is 1.15 bits per heavy atom. The number of amides is 3. The molecule has 0 aromatic heterocycles. The van der Waals surface area contributed by atoms with Crippen molar-refractivity contribution in [3.8, 4) is 0 Å². The second kappa shape index (κ2) is 21.0. The van der Waals surface area contributed by atoms with Crippen molar-refractivity contribution in [3.05, 3.63) is 0 Å². The van der Waals surface area contributed by atoms with Gasteiger partial charge in [-0.15, -0.1) is 0 Å². The van der Waals surface area contributed by atoms with Crippen LogP contribution in [0.15, 0.2) is 0 Å². The van der Waals surface area contributed by atoms with Crippen LogP contribution in [0.25, 0.3) is 0 Å². The molecule has 0 aromatic rings. The van der Waals surface area contributed by atoms with Gasteiger partial charge in [-0.3, -0.25) is 14.4 Å². The third-order valence-electron chi connectivity index (χ3n) is 6.24. The van der Waals surface area contributed by atoms with Gasteiger partial charge >= 0.3 is 0 Å². The molecule has 0 aromatic carbocycles. The summed E-state index contributed by atoms with van der Waals surface area (Å²) >= 11 is 0. The normalized spacial score (nSPS) is 11.3. The summed E-state index contributed by atoms with van der Waals surface area (Å²) in [4.78, 5) is 36.3. The van der Waals surface area contributed by atoms with E-state index in [-0.39, 0.29) is 17.7 Å². The minimum Gasteiger partial charge on any atom is -0.316 e. The Morgan fingerprint density at radius 1 is 0.485 bits per heavy atom. The molecule has 6 heteroatoms. The molecule has 0 heterocycles. The van der Waals surface area contributed by atoms with Crippen LogP contribution in [0.5, 0.6) is 0 Å². The summed E-state index contributed by atoms with van der Waals surface area (Å²) in [5.74, 6) is -1.76. The van der Waals surface area contributed by atoms with Crippen molar-refractivity contribution >= 4 is 17.7 Å². The fourth-order valence-corrected chi connectivity index (χ4v) is 3.97. The monoisotopic (exact) mass is 467 g/mol. The van der Waals surface area contributed by atoms with E-state index in [1.807, 2.05) is 6.92 Å². The summed E-state index contributed by atoms with van der Waals surface area (Å²) in [5.41, 5.74) is 0. The van der Waals surface area contributed by atoms with E-state index in [0.29, 0.717) is 25.7 Å². The van der Waals surface area contributed by atoms with Crippen molar-refractivity contribution in [2.75, 3.05) is 0 Å². The van der Waals surface area contributed by atoms with E-state index in [9.17, 15) is 14.4 Å². The van der Waals surface area contributed by atoms with Gasteiger partial charge in [-0.05, 0) is 6.42 Å². The molecule has 0 fully saturated rings. The molecular formula is C27H53N3O3. The summed E-state index contributed by atoms with van der Waals surface area (Å²) in [5, 5.41) is 8.41. The second-order valence-electron chi connectivity index (χ2n) is 9.31. The lowest BCUT2D eigenvalue weighted by molar-refractivity contribution is -0.131. The number of hydrogen-bond acceptors (Lipinski definition) is 3. The topological polar surface area (TPSA) is 87.3 Å². The van der Waals surface area contributed by atoms with E-state index in [4.69, 9.17) is 0 Å². The molecule has 3 N–H and O–H groups in total. The summed E-state index contributed by atoms with van der Waals surface area (Å²) < 4.78 is 0. The van der Waals surface area contributed by atoms with Crippen molar-refractivity contribution in [2.45, 2.75) is 155 Å². The Hall–Kier alpha value is -1.59. The Labute approximate surface area is 203 Å². The predicted molar refractivity (Wildman–Crippen MR) is 138 cm³/mol. The van der Waals surface area contributed by atoms with Crippen molar-refractivity contribution in [1.29, 1.82) is 0 Å². The van der Waals surface area contributed by atoms with Crippen LogP contribution in [0.3, 0.4) is 0 Å². The number of rotatable bonds is 22. The number of carbonyl (C=O) groups excluding carboxylic acids is 3. The van der Waals surface area contributed by atoms with Crippen LogP contribution in [-0.2, 0) is 14.4 Å². The molecule has 33 heavy (non-hydrogen) atoms. The van der Waals surface area contributed by atoms with Gasteiger partial charge in [-0.2, -0.15) is 0 Å². The predicted octanol–water partition coefficient (Wildman–Crippen LogP) is 6.48. The first-order valence-electron chi connectivity index (χ1n) is 13.9.